The highest BCUT2D eigenvalue weighted by atomic mass is 19.1. The Bertz CT molecular complexity index is 880. The van der Waals surface area contributed by atoms with Crippen molar-refractivity contribution < 1.29 is 9.50 Å². The largest absolute Gasteiger partial charge is 0.391 e. The van der Waals surface area contributed by atoms with Gasteiger partial charge < -0.3 is 14.6 Å². The van der Waals surface area contributed by atoms with Crippen molar-refractivity contribution in [2.75, 3.05) is 11.4 Å². The van der Waals surface area contributed by atoms with Crippen LogP contribution in [0.1, 0.15) is 24.9 Å². The Morgan fingerprint density at radius 1 is 1.29 bits per heavy atom. The van der Waals surface area contributed by atoms with Crippen molar-refractivity contribution in [2.45, 2.75) is 32.0 Å². The number of aromatic nitrogens is 4. The van der Waals surface area contributed by atoms with Gasteiger partial charge in [0, 0.05) is 13.1 Å². The fourth-order valence-electron chi connectivity index (χ4n) is 3.39. The van der Waals surface area contributed by atoms with Crippen LogP contribution in [0.3, 0.4) is 0 Å². The van der Waals surface area contributed by atoms with Gasteiger partial charge in [-0.3, -0.25) is 0 Å². The van der Waals surface area contributed by atoms with Gasteiger partial charge in [0.15, 0.2) is 17.0 Å². The van der Waals surface area contributed by atoms with Crippen molar-refractivity contribution in [3.63, 3.8) is 0 Å². The number of fused-ring (bicyclic) bond motifs is 1. The fourth-order valence-corrected chi connectivity index (χ4v) is 3.39. The summed E-state index contributed by atoms with van der Waals surface area (Å²) in [6.45, 7) is 3.23. The topological polar surface area (TPSA) is 67.1 Å². The molecule has 2 atom stereocenters. The monoisotopic (exact) mass is 327 g/mol. The molecule has 3 heterocycles. The molecule has 0 bridgehead atoms. The lowest BCUT2D eigenvalue weighted by atomic mass is 10.0. The van der Waals surface area contributed by atoms with Crippen molar-refractivity contribution in [2.24, 2.45) is 0 Å². The first-order valence-corrected chi connectivity index (χ1v) is 8.03. The van der Waals surface area contributed by atoms with Gasteiger partial charge in [0.25, 0.3) is 0 Å². The molecule has 0 unspecified atom stereocenters. The lowest BCUT2D eigenvalue weighted by Gasteiger charge is -2.25. The second-order valence-corrected chi connectivity index (χ2v) is 6.01. The van der Waals surface area contributed by atoms with E-state index in [1.165, 1.54) is 18.5 Å². The van der Waals surface area contributed by atoms with Gasteiger partial charge in [-0.1, -0.05) is 12.1 Å². The molecule has 24 heavy (non-hydrogen) atoms. The van der Waals surface area contributed by atoms with Crippen molar-refractivity contribution in [3.05, 3.63) is 48.3 Å². The van der Waals surface area contributed by atoms with Gasteiger partial charge in [-0.05, 0) is 31.0 Å². The van der Waals surface area contributed by atoms with Gasteiger partial charge in [-0.15, -0.1) is 0 Å². The van der Waals surface area contributed by atoms with Crippen LogP contribution in [0.25, 0.3) is 11.2 Å². The van der Waals surface area contributed by atoms with E-state index in [1.54, 1.807) is 12.4 Å². The van der Waals surface area contributed by atoms with Crippen LogP contribution >= 0.6 is 0 Å². The Morgan fingerprint density at radius 2 is 2.17 bits per heavy atom. The summed E-state index contributed by atoms with van der Waals surface area (Å²) in [4.78, 5) is 15.2. The van der Waals surface area contributed by atoms with Crippen molar-refractivity contribution in [3.8, 4) is 0 Å². The molecule has 0 saturated carbocycles. The number of β-amino-alcohol motifs (C(OH)–C–C–N with tert-alkyl or cyclic N) is 1. The van der Waals surface area contributed by atoms with Crippen LogP contribution in [0.4, 0.5) is 10.2 Å². The third-order valence-electron chi connectivity index (χ3n) is 4.51. The minimum absolute atomic E-state index is 0.138. The molecule has 1 aliphatic rings. The van der Waals surface area contributed by atoms with E-state index in [9.17, 15) is 9.50 Å². The first kappa shape index (κ1) is 15.0. The summed E-state index contributed by atoms with van der Waals surface area (Å²) in [5.74, 6) is 0.398. The number of hydrogen-bond acceptors (Lipinski definition) is 5. The molecule has 3 aromatic rings. The normalized spacial score (nSPS) is 20.9. The van der Waals surface area contributed by atoms with Crippen LogP contribution in [0.2, 0.25) is 0 Å². The lowest BCUT2D eigenvalue weighted by molar-refractivity contribution is 0.194. The lowest BCUT2D eigenvalue weighted by Crippen LogP contribution is -2.25. The third kappa shape index (κ3) is 2.41. The predicted molar refractivity (Wildman–Crippen MR) is 88.1 cm³/mol. The van der Waals surface area contributed by atoms with E-state index >= 15 is 0 Å². The zero-order chi connectivity index (χ0) is 16.7. The molecule has 1 aromatic carbocycles. The summed E-state index contributed by atoms with van der Waals surface area (Å²) in [6, 6.07) is 6.36. The Balaban J connectivity index is 1.81. The van der Waals surface area contributed by atoms with E-state index in [-0.39, 0.29) is 11.9 Å². The van der Waals surface area contributed by atoms with Crippen molar-refractivity contribution in [1.82, 2.24) is 19.5 Å². The van der Waals surface area contributed by atoms with Gasteiger partial charge in [0.05, 0.1) is 18.5 Å². The number of rotatable bonds is 3. The molecule has 0 aliphatic carbocycles. The number of aliphatic hydroxyl groups is 1. The zero-order valence-corrected chi connectivity index (χ0v) is 13.3. The first-order valence-electron chi connectivity index (χ1n) is 8.03. The van der Waals surface area contributed by atoms with E-state index in [2.05, 4.69) is 15.0 Å². The molecule has 1 aliphatic heterocycles. The summed E-state index contributed by atoms with van der Waals surface area (Å²) in [5, 5.41) is 10.2. The molecular weight excluding hydrogens is 309 g/mol. The highest BCUT2D eigenvalue weighted by molar-refractivity contribution is 5.83. The highest BCUT2D eigenvalue weighted by Crippen LogP contribution is 2.37. The maximum atomic E-state index is 13.6. The average molecular weight is 327 g/mol. The highest BCUT2D eigenvalue weighted by Gasteiger charge is 2.34. The standard InChI is InChI=1S/C17H18FN5O/c1-2-22-10-21-15-16(22)19-9-20-17(15)23-8-13(24)7-14(23)11-4-3-5-12(18)6-11/h3-6,9-10,13-14,24H,2,7-8H2,1H3/t13-,14-/m1/s1. The Hall–Kier alpha value is -2.54. The Morgan fingerprint density at radius 3 is 2.96 bits per heavy atom. The van der Waals surface area contributed by atoms with E-state index in [0.717, 1.165) is 17.8 Å². The first-order chi connectivity index (χ1) is 11.7. The number of hydrogen-bond donors (Lipinski definition) is 1. The molecular formula is C17H18FN5O. The van der Waals surface area contributed by atoms with E-state index in [4.69, 9.17) is 0 Å². The summed E-state index contributed by atoms with van der Waals surface area (Å²) in [6.07, 6.45) is 3.30. The molecule has 124 valence electrons. The quantitative estimate of drug-likeness (QED) is 0.799. The van der Waals surface area contributed by atoms with Crippen LogP contribution < -0.4 is 4.90 Å². The average Bonchev–Trinajstić information content (AvgIpc) is 3.17. The molecule has 1 saturated heterocycles. The molecule has 1 N–H and O–H groups in total. The van der Waals surface area contributed by atoms with E-state index < -0.39 is 6.10 Å². The van der Waals surface area contributed by atoms with Crippen molar-refractivity contribution in [1.29, 1.82) is 0 Å². The number of anilines is 1. The molecule has 2 aromatic heterocycles. The minimum Gasteiger partial charge on any atom is -0.391 e. The SMILES string of the molecule is CCn1cnc2c(N3C[C@H](O)C[C@@H]3c3cccc(F)c3)ncnc21. The molecule has 0 radical (unpaired) electrons. The molecule has 6 nitrogen and oxygen atoms in total. The van der Waals surface area contributed by atoms with Crippen LogP contribution in [0.5, 0.6) is 0 Å². The predicted octanol–water partition coefficient (Wildman–Crippen LogP) is 2.30. The van der Waals surface area contributed by atoms with E-state index in [0.29, 0.717) is 24.3 Å². The van der Waals surface area contributed by atoms with Gasteiger partial charge >= 0.3 is 0 Å². The van der Waals surface area contributed by atoms with Gasteiger partial charge in [0.2, 0.25) is 0 Å². The zero-order valence-electron chi connectivity index (χ0n) is 13.3. The molecule has 4 rings (SSSR count). The third-order valence-corrected chi connectivity index (χ3v) is 4.51. The number of benzene rings is 1. The van der Waals surface area contributed by atoms with Crippen LogP contribution in [-0.2, 0) is 6.54 Å². The summed E-state index contributed by atoms with van der Waals surface area (Å²) in [7, 11) is 0. The van der Waals surface area contributed by atoms with Crippen LogP contribution in [-0.4, -0.2) is 37.3 Å². The minimum atomic E-state index is -0.489. The molecule has 1 fully saturated rings. The Labute approximate surface area is 138 Å². The second kappa shape index (κ2) is 5.83. The fraction of sp³-hybridized carbons (Fsp3) is 0.353. The Kier molecular flexibility index (Phi) is 3.65. The number of imidazole rings is 1. The maximum absolute atomic E-state index is 13.6. The van der Waals surface area contributed by atoms with Crippen LogP contribution in [0.15, 0.2) is 36.9 Å². The molecule has 7 heteroatoms. The summed E-state index contributed by atoms with van der Waals surface area (Å²) in [5.41, 5.74) is 2.30. The number of nitrogens with zero attached hydrogens (tertiary/aromatic N) is 5. The number of halogens is 1. The summed E-state index contributed by atoms with van der Waals surface area (Å²) >= 11 is 0. The van der Waals surface area contributed by atoms with E-state index in [1.807, 2.05) is 22.5 Å². The smallest absolute Gasteiger partial charge is 0.165 e. The van der Waals surface area contributed by atoms with Gasteiger partial charge in [-0.25, -0.2) is 19.3 Å². The van der Waals surface area contributed by atoms with Gasteiger partial charge in [-0.2, -0.15) is 0 Å². The number of aryl methyl sites for hydroxylation is 1. The van der Waals surface area contributed by atoms with Gasteiger partial charge in [0.1, 0.15) is 12.1 Å². The second-order valence-electron chi connectivity index (χ2n) is 6.01. The molecule has 0 amide bonds. The summed E-state index contributed by atoms with van der Waals surface area (Å²) < 4.78 is 15.6. The van der Waals surface area contributed by atoms with Crippen molar-refractivity contribution >= 4 is 17.0 Å². The van der Waals surface area contributed by atoms with Crippen LogP contribution in [0, 0.1) is 5.82 Å². The number of aliphatic hydroxyl groups excluding tert-OH is 1. The maximum Gasteiger partial charge on any atom is 0.165 e. The molecule has 0 spiro atoms.